The fourth-order valence-corrected chi connectivity index (χ4v) is 3.01. The number of hydrogen-bond donors (Lipinski definition) is 0. The van der Waals surface area contributed by atoms with E-state index in [2.05, 4.69) is 5.16 Å². The van der Waals surface area contributed by atoms with Gasteiger partial charge >= 0.3 is 0 Å². The first-order chi connectivity index (χ1) is 7.25. The zero-order valence-electron chi connectivity index (χ0n) is 8.86. The summed E-state index contributed by atoms with van der Waals surface area (Å²) in [5.41, 5.74) is 0.454. The molecular weight excluding hydrogens is 210 g/mol. The van der Waals surface area contributed by atoms with Gasteiger partial charge in [-0.15, -0.1) is 0 Å². The van der Waals surface area contributed by atoms with Gasteiger partial charge in [0, 0.05) is 19.4 Å². The highest BCUT2D eigenvalue weighted by Crippen LogP contribution is 2.26. The van der Waals surface area contributed by atoms with Gasteiger partial charge in [0.05, 0.1) is 0 Å². The minimum atomic E-state index is -0.0239. The maximum atomic E-state index is 11.0. The van der Waals surface area contributed by atoms with Crippen LogP contribution in [-0.4, -0.2) is 22.4 Å². The number of rotatable bonds is 3. The Morgan fingerprint density at radius 2 is 2.33 bits per heavy atom. The van der Waals surface area contributed by atoms with Gasteiger partial charge in [-0.25, -0.2) is 0 Å². The Bertz CT molecular complexity index is 342. The summed E-state index contributed by atoms with van der Waals surface area (Å²) in [6.45, 7) is 1.51. The number of thioether (sulfide) groups is 1. The second-order valence-corrected chi connectivity index (χ2v) is 5.22. The first-order valence-electron chi connectivity index (χ1n) is 5.30. The standard InChI is InChI=1S/C11H15NO2S/c1-8(13)11-7-10(14-12-11)6-9-2-4-15-5-3-9/h7,9H,2-6H2,1H3. The van der Waals surface area contributed by atoms with Crippen molar-refractivity contribution in [3.63, 3.8) is 0 Å². The average molecular weight is 225 g/mol. The van der Waals surface area contributed by atoms with Gasteiger partial charge in [0.15, 0.2) is 5.78 Å². The highest BCUT2D eigenvalue weighted by atomic mass is 32.2. The molecule has 1 aromatic rings. The maximum absolute atomic E-state index is 11.0. The summed E-state index contributed by atoms with van der Waals surface area (Å²) in [5.74, 6) is 4.04. The van der Waals surface area contributed by atoms with Gasteiger partial charge in [0.25, 0.3) is 0 Å². The van der Waals surface area contributed by atoms with Gasteiger partial charge in [0.1, 0.15) is 11.5 Å². The smallest absolute Gasteiger partial charge is 0.181 e. The van der Waals surface area contributed by atoms with Crippen molar-refractivity contribution in [1.29, 1.82) is 0 Å². The lowest BCUT2D eigenvalue weighted by molar-refractivity contribution is 0.100. The first-order valence-corrected chi connectivity index (χ1v) is 6.45. The fraction of sp³-hybridized carbons (Fsp3) is 0.636. The van der Waals surface area contributed by atoms with E-state index < -0.39 is 0 Å². The average Bonchev–Trinajstić information content (AvgIpc) is 2.68. The Morgan fingerprint density at radius 3 is 2.93 bits per heavy atom. The van der Waals surface area contributed by atoms with E-state index in [1.807, 2.05) is 11.8 Å². The maximum Gasteiger partial charge on any atom is 0.181 e. The number of ketones is 1. The molecule has 0 N–H and O–H groups in total. The molecule has 0 aromatic carbocycles. The fourth-order valence-electron chi connectivity index (χ4n) is 1.81. The molecule has 2 rings (SSSR count). The van der Waals surface area contributed by atoms with E-state index in [0.29, 0.717) is 11.6 Å². The monoisotopic (exact) mass is 225 g/mol. The number of carbonyl (C=O) groups excluding carboxylic acids is 1. The van der Waals surface area contributed by atoms with Crippen molar-refractivity contribution in [2.45, 2.75) is 26.2 Å². The number of aromatic nitrogens is 1. The Kier molecular flexibility index (Phi) is 3.46. The Hall–Kier alpha value is -0.770. The summed E-state index contributed by atoms with van der Waals surface area (Å²) in [6, 6.07) is 1.78. The van der Waals surface area contributed by atoms with Gasteiger partial charge < -0.3 is 4.52 Å². The van der Waals surface area contributed by atoms with Crippen molar-refractivity contribution in [3.05, 3.63) is 17.5 Å². The van der Waals surface area contributed by atoms with Crippen LogP contribution in [0.3, 0.4) is 0 Å². The van der Waals surface area contributed by atoms with E-state index >= 15 is 0 Å². The summed E-state index contributed by atoms with van der Waals surface area (Å²) in [7, 11) is 0. The van der Waals surface area contributed by atoms with Crippen LogP contribution in [0.4, 0.5) is 0 Å². The molecule has 4 heteroatoms. The molecule has 1 fully saturated rings. The van der Waals surface area contributed by atoms with E-state index in [9.17, 15) is 4.79 Å². The zero-order chi connectivity index (χ0) is 10.7. The SMILES string of the molecule is CC(=O)c1cc(CC2CCSCC2)on1. The van der Waals surface area contributed by atoms with E-state index in [-0.39, 0.29) is 5.78 Å². The Morgan fingerprint density at radius 1 is 1.60 bits per heavy atom. The largest absolute Gasteiger partial charge is 0.361 e. The minimum Gasteiger partial charge on any atom is -0.361 e. The highest BCUT2D eigenvalue weighted by molar-refractivity contribution is 7.99. The van der Waals surface area contributed by atoms with Crippen molar-refractivity contribution in [2.24, 2.45) is 5.92 Å². The first kappa shape index (κ1) is 10.7. The van der Waals surface area contributed by atoms with Gasteiger partial charge in [0.2, 0.25) is 0 Å². The molecule has 3 nitrogen and oxygen atoms in total. The number of Topliss-reactive ketones (excluding diaryl/α,β-unsaturated/α-hetero) is 1. The van der Waals surface area contributed by atoms with Crippen LogP contribution >= 0.6 is 11.8 Å². The van der Waals surface area contributed by atoms with Crippen LogP contribution in [-0.2, 0) is 6.42 Å². The lowest BCUT2D eigenvalue weighted by Crippen LogP contribution is -2.11. The topological polar surface area (TPSA) is 43.1 Å². The van der Waals surface area contributed by atoms with Gasteiger partial charge in [-0.1, -0.05) is 5.16 Å². The molecule has 0 amide bonds. The summed E-state index contributed by atoms with van der Waals surface area (Å²) >= 11 is 2.02. The van der Waals surface area contributed by atoms with Crippen LogP contribution in [0.2, 0.25) is 0 Å². The Labute approximate surface area is 93.6 Å². The predicted molar refractivity (Wildman–Crippen MR) is 60.3 cm³/mol. The van der Waals surface area contributed by atoms with Crippen molar-refractivity contribution in [1.82, 2.24) is 5.16 Å². The summed E-state index contributed by atoms with van der Waals surface area (Å²) in [4.78, 5) is 11.0. The molecular formula is C11H15NO2S. The molecule has 0 aliphatic carbocycles. The van der Waals surface area contributed by atoms with Crippen molar-refractivity contribution < 1.29 is 9.32 Å². The molecule has 0 unspecified atom stereocenters. The molecule has 82 valence electrons. The number of hydrogen-bond acceptors (Lipinski definition) is 4. The number of carbonyl (C=O) groups is 1. The quantitative estimate of drug-likeness (QED) is 0.741. The minimum absolute atomic E-state index is 0.0239. The normalized spacial score (nSPS) is 17.9. The van der Waals surface area contributed by atoms with E-state index in [0.717, 1.165) is 12.2 Å². The van der Waals surface area contributed by atoms with Crippen LogP contribution < -0.4 is 0 Å². The van der Waals surface area contributed by atoms with Gasteiger partial charge in [-0.3, -0.25) is 4.79 Å². The lowest BCUT2D eigenvalue weighted by atomic mass is 9.97. The molecule has 0 atom stereocenters. The molecule has 0 radical (unpaired) electrons. The third-order valence-corrected chi connectivity index (χ3v) is 3.80. The van der Waals surface area contributed by atoms with Crippen LogP contribution in [0.15, 0.2) is 10.6 Å². The molecule has 1 aliphatic heterocycles. The third-order valence-electron chi connectivity index (χ3n) is 2.75. The van der Waals surface area contributed by atoms with Crippen LogP contribution in [0.25, 0.3) is 0 Å². The lowest BCUT2D eigenvalue weighted by Gasteiger charge is -2.19. The third kappa shape index (κ3) is 2.84. The zero-order valence-corrected chi connectivity index (χ0v) is 9.68. The molecule has 1 saturated heterocycles. The second kappa shape index (κ2) is 4.84. The molecule has 0 saturated carbocycles. The molecule has 0 bridgehead atoms. The summed E-state index contributed by atoms with van der Waals surface area (Å²) in [5, 5.41) is 3.75. The Balaban J connectivity index is 1.94. The molecule has 1 aromatic heterocycles. The molecule has 15 heavy (non-hydrogen) atoms. The van der Waals surface area contributed by atoms with E-state index in [1.54, 1.807) is 6.07 Å². The van der Waals surface area contributed by atoms with Gasteiger partial charge in [-0.05, 0) is 30.3 Å². The van der Waals surface area contributed by atoms with Crippen molar-refractivity contribution in [3.8, 4) is 0 Å². The van der Waals surface area contributed by atoms with Crippen molar-refractivity contribution in [2.75, 3.05) is 11.5 Å². The number of nitrogens with zero attached hydrogens (tertiary/aromatic N) is 1. The van der Waals surface area contributed by atoms with Gasteiger partial charge in [-0.2, -0.15) is 11.8 Å². The van der Waals surface area contributed by atoms with Crippen LogP contribution in [0.1, 0.15) is 36.0 Å². The second-order valence-electron chi connectivity index (χ2n) is 3.99. The van der Waals surface area contributed by atoms with Crippen LogP contribution in [0.5, 0.6) is 0 Å². The molecule has 2 heterocycles. The van der Waals surface area contributed by atoms with E-state index in [1.165, 1.54) is 31.3 Å². The highest BCUT2D eigenvalue weighted by Gasteiger charge is 2.17. The molecule has 0 spiro atoms. The summed E-state index contributed by atoms with van der Waals surface area (Å²) < 4.78 is 5.15. The van der Waals surface area contributed by atoms with E-state index in [4.69, 9.17) is 4.52 Å². The molecule has 1 aliphatic rings. The predicted octanol–water partition coefficient (Wildman–Crippen LogP) is 2.56. The van der Waals surface area contributed by atoms with Crippen LogP contribution in [0, 0.1) is 5.92 Å². The van der Waals surface area contributed by atoms with Crippen molar-refractivity contribution >= 4 is 17.5 Å². The summed E-state index contributed by atoms with van der Waals surface area (Å²) in [6.07, 6.45) is 3.43.